The van der Waals surface area contributed by atoms with E-state index >= 15 is 0 Å². The highest BCUT2D eigenvalue weighted by molar-refractivity contribution is 7.99. The minimum absolute atomic E-state index is 0.0253. The van der Waals surface area contributed by atoms with E-state index in [-0.39, 0.29) is 6.61 Å². The Labute approximate surface area is 125 Å². The summed E-state index contributed by atoms with van der Waals surface area (Å²) in [5, 5.41) is 11.9. The number of nitrogens with zero attached hydrogens (tertiary/aromatic N) is 2. The first kappa shape index (κ1) is 13.4. The number of aliphatic hydroxyl groups is 1. The molecule has 5 heteroatoms. The first-order chi connectivity index (χ1) is 9.78. The lowest BCUT2D eigenvalue weighted by Crippen LogP contribution is -1.90. The molecule has 1 N–H and O–H groups in total. The van der Waals surface area contributed by atoms with E-state index in [1.807, 2.05) is 36.4 Å². The lowest BCUT2D eigenvalue weighted by atomic mass is 10.2. The Kier molecular flexibility index (Phi) is 3.87. The number of fused-ring (bicyclic) bond motifs is 1. The molecule has 0 bridgehead atoms. The Morgan fingerprint density at radius 2 is 1.95 bits per heavy atom. The van der Waals surface area contributed by atoms with Gasteiger partial charge in [0.2, 0.25) is 0 Å². The van der Waals surface area contributed by atoms with Gasteiger partial charge in [0.25, 0.3) is 0 Å². The van der Waals surface area contributed by atoms with Crippen molar-refractivity contribution in [3.8, 4) is 0 Å². The normalized spacial score (nSPS) is 10.9. The molecule has 1 aromatic heterocycles. The lowest BCUT2D eigenvalue weighted by molar-refractivity contribution is 0.279. The van der Waals surface area contributed by atoms with Crippen molar-refractivity contribution in [3.63, 3.8) is 0 Å². The van der Waals surface area contributed by atoms with Crippen molar-refractivity contribution in [3.05, 3.63) is 59.4 Å². The van der Waals surface area contributed by atoms with Crippen molar-refractivity contribution < 1.29 is 5.11 Å². The fourth-order valence-corrected chi connectivity index (χ4v) is 3.20. The summed E-state index contributed by atoms with van der Waals surface area (Å²) in [6, 6.07) is 13.3. The highest BCUT2D eigenvalue weighted by atomic mass is 35.5. The number of benzene rings is 2. The van der Waals surface area contributed by atoms with Crippen LogP contribution in [0.5, 0.6) is 0 Å². The van der Waals surface area contributed by atoms with Crippen molar-refractivity contribution in [2.45, 2.75) is 16.5 Å². The van der Waals surface area contributed by atoms with Gasteiger partial charge in [0.1, 0.15) is 11.4 Å². The Morgan fingerprint density at radius 1 is 1.10 bits per heavy atom. The predicted molar refractivity (Wildman–Crippen MR) is 81.0 cm³/mol. The molecule has 20 heavy (non-hydrogen) atoms. The van der Waals surface area contributed by atoms with Crippen LogP contribution in [0.15, 0.2) is 58.7 Å². The van der Waals surface area contributed by atoms with E-state index in [4.69, 9.17) is 11.6 Å². The Balaban J connectivity index is 2.07. The molecule has 0 aliphatic carbocycles. The van der Waals surface area contributed by atoms with Crippen LogP contribution in [0, 0.1) is 0 Å². The molecule has 0 atom stereocenters. The van der Waals surface area contributed by atoms with Gasteiger partial charge in [0.15, 0.2) is 0 Å². The third kappa shape index (κ3) is 2.63. The summed E-state index contributed by atoms with van der Waals surface area (Å²) in [7, 11) is 0. The summed E-state index contributed by atoms with van der Waals surface area (Å²) < 4.78 is 0. The van der Waals surface area contributed by atoms with E-state index in [1.165, 1.54) is 11.8 Å². The van der Waals surface area contributed by atoms with Crippen LogP contribution < -0.4 is 0 Å². The maximum Gasteiger partial charge on any atom is 0.117 e. The van der Waals surface area contributed by atoms with E-state index in [0.717, 1.165) is 26.4 Å². The quantitative estimate of drug-likeness (QED) is 0.745. The minimum atomic E-state index is -0.0253. The molecule has 0 saturated heterocycles. The molecule has 3 nitrogen and oxygen atoms in total. The number of aromatic nitrogens is 2. The second-order valence-corrected chi connectivity index (χ2v) is 5.68. The summed E-state index contributed by atoms with van der Waals surface area (Å²) in [5.74, 6) is 0. The molecule has 0 aliphatic rings. The number of hydrogen-bond acceptors (Lipinski definition) is 4. The van der Waals surface area contributed by atoms with E-state index in [0.29, 0.717) is 5.02 Å². The minimum Gasteiger partial charge on any atom is -0.392 e. The van der Waals surface area contributed by atoms with Gasteiger partial charge < -0.3 is 5.11 Å². The van der Waals surface area contributed by atoms with Crippen LogP contribution in [0.3, 0.4) is 0 Å². The van der Waals surface area contributed by atoms with Gasteiger partial charge >= 0.3 is 0 Å². The number of para-hydroxylation sites is 1. The van der Waals surface area contributed by atoms with Crippen molar-refractivity contribution in [2.24, 2.45) is 0 Å². The van der Waals surface area contributed by atoms with Crippen LogP contribution in [-0.2, 0) is 6.61 Å². The zero-order valence-electron chi connectivity index (χ0n) is 10.5. The van der Waals surface area contributed by atoms with Gasteiger partial charge in [-0.2, -0.15) is 0 Å². The molecule has 3 rings (SSSR count). The number of halogens is 1. The van der Waals surface area contributed by atoms with Crippen molar-refractivity contribution in [1.82, 2.24) is 9.97 Å². The molecular weight excluding hydrogens is 292 g/mol. The summed E-state index contributed by atoms with van der Waals surface area (Å²) >= 11 is 7.52. The zero-order chi connectivity index (χ0) is 13.9. The first-order valence-electron chi connectivity index (χ1n) is 6.05. The molecular formula is C15H11ClN2OS. The van der Waals surface area contributed by atoms with Gasteiger partial charge in [0.05, 0.1) is 12.1 Å². The maximum absolute atomic E-state index is 9.41. The van der Waals surface area contributed by atoms with Gasteiger partial charge in [-0.3, -0.25) is 0 Å². The van der Waals surface area contributed by atoms with E-state index in [1.54, 1.807) is 12.4 Å². The molecule has 1 heterocycles. The smallest absolute Gasteiger partial charge is 0.117 e. The molecule has 2 aromatic carbocycles. The molecule has 0 unspecified atom stereocenters. The van der Waals surface area contributed by atoms with Gasteiger partial charge in [-0.15, -0.1) is 0 Å². The van der Waals surface area contributed by atoms with Gasteiger partial charge in [0, 0.05) is 15.3 Å². The average Bonchev–Trinajstić information content (AvgIpc) is 2.48. The standard InChI is InChI=1S/C15H11ClN2OS/c16-11-6-5-10(8-19)14(7-11)20-15-12-3-1-2-4-13(12)17-9-18-15/h1-7,9,19H,8H2. The molecule has 0 radical (unpaired) electrons. The van der Waals surface area contributed by atoms with Crippen LogP contribution in [0.2, 0.25) is 5.02 Å². The Morgan fingerprint density at radius 3 is 2.80 bits per heavy atom. The van der Waals surface area contributed by atoms with Crippen LogP contribution in [0.4, 0.5) is 0 Å². The second kappa shape index (κ2) is 5.79. The number of hydrogen-bond donors (Lipinski definition) is 1. The zero-order valence-corrected chi connectivity index (χ0v) is 12.0. The van der Waals surface area contributed by atoms with E-state index in [2.05, 4.69) is 9.97 Å². The fraction of sp³-hybridized carbons (Fsp3) is 0.0667. The van der Waals surface area contributed by atoms with Crippen molar-refractivity contribution in [1.29, 1.82) is 0 Å². The predicted octanol–water partition coefficient (Wildman–Crippen LogP) is 3.93. The SMILES string of the molecule is OCc1ccc(Cl)cc1Sc1ncnc2ccccc12. The lowest BCUT2D eigenvalue weighted by Gasteiger charge is -2.08. The molecule has 100 valence electrons. The summed E-state index contributed by atoms with van der Waals surface area (Å²) in [5.41, 5.74) is 1.74. The first-order valence-corrected chi connectivity index (χ1v) is 7.24. The summed E-state index contributed by atoms with van der Waals surface area (Å²) in [4.78, 5) is 9.48. The number of aliphatic hydroxyl groups excluding tert-OH is 1. The molecule has 0 aliphatic heterocycles. The number of rotatable bonds is 3. The summed E-state index contributed by atoms with van der Waals surface area (Å²) in [6.07, 6.45) is 1.55. The topological polar surface area (TPSA) is 46.0 Å². The molecule has 0 saturated carbocycles. The fourth-order valence-electron chi connectivity index (χ4n) is 1.92. The van der Waals surface area contributed by atoms with E-state index in [9.17, 15) is 5.11 Å². The highest BCUT2D eigenvalue weighted by Gasteiger charge is 2.09. The summed E-state index contributed by atoms with van der Waals surface area (Å²) in [6.45, 7) is -0.0253. The largest absolute Gasteiger partial charge is 0.392 e. The monoisotopic (exact) mass is 302 g/mol. The Hall–Kier alpha value is -1.62. The Bertz CT molecular complexity index is 758. The molecule has 0 amide bonds. The van der Waals surface area contributed by atoms with Crippen LogP contribution in [-0.4, -0.2) is 15.1 Å². The van der Waals surface area contributed by atoms with E-state index < -0.39 is 0 Å². The van der Waals surface area contributed by atoms with Crippen molar-refractivity contribution >= 4 is 34.3 Å². The van der Waals surface area contributed by atoms with Crippen LogP contribution in [0.25, 0.3) is 10.9 Å². The van der Waals surface area contributed by atoms with Crippen molar-refractivity contribution in [2.75, 3.05) is 0 Å². The molecule has 3 aromatic rings. The maximum atomic E-state index is 9.41. The highest BCUT2D eigenvalue weighted by Crippen LogP contribution is 2.34. The van der Waals surface area contributed by atoms with Gasteiger partial charge in [-0.25, -0.2) is 9.97 Å². The van der Waals surface area contributed by atoms with Gasteiger partial charge in [-0.05, 0) is 23.8 Å². The second-order valence-electron chi connectivity index (χ2n) is 4.21. The van der Waals surface area contributed by atoms with Crippen LogP contribution in [0.1, 0.15) is 5.56 Å². The molecule has 0 spiro atoms. The average molecular weight is 303 g/mol. The van der Waals surface area contributed by atoms with Crippen LogP contribution >= 0.6 is 23.4 Å². The third-order valence-electron chi connectivity index (χ3n) is 2.91. The third-order valence-corrected chi connectivity index (χ3v) is 4.27. The van der Waals surface area contributed by atoms with Gasteiger partial charge in [-0.1, -0.05) is 47.6 Å². The molecule has 0 fully saturated rings.